The number of nitrogens with zero attached hydrogens (tertiary/aromatic N) is 1. The highest BCUT2D eigenvalue weighted by atomic mass is 16.5. The molecule has 1 rings (SSSR count). The lowest BCUT2D eigenvalue weighted by atomic mass is 10.3. The van der Waals surface area contributed by atoms with E-state index in [4.69, 9.17) is 4.74 Å². The van der Waals surface area contributed by atoms with Crippen molar-refractivity contribution >= 4 is 6.41 Å². The smallest absolute Gasteiger partial charge is 0.207 e. The Kier molecular flexibility index (Phi) is 3.32. The van der Waals surface area contributed by atoms with Gasteiger partial charge in [-0.05, 0) is 7.05 Å². The Hall–Kier alpha value is -0.610. The van der Waals surface area contributed by atoms with Crippen LogP contribution in [-0.4, -0.2) is 50.7 Å². The highest BCUT2D eigenvalue weighted by molar-refractivity contribution is 5.45. The van der Waals surface area contributed by atoms with Crippen LogP contribution in [0.5, 0.6) is 0 Å². The van der Waals surface area contributed by atoms with E-state index in [2.05, 4.69) is 17.3 Å². The van der Waals surface area contributed by atoms with Gasteiger partial charge in [0, 0.05) is 19.6 Å². The van der Waals surface area contributed by atoms with Crippen molar-refractivity contribution in [3.8, 4) is 0 Å². The minimum absolute atomic E-state index is 0.166. The lowest BCUT2D eigenvalue weighted by Crippen LogP contribution is -2.44. The Morgan fingerprint density at radius 1 is 1.82 bits per heavy atom. The molecule has 11 heavy (non-hydrogen) atoms. The molecular formula is C7H14N2O2. The molecule has 1 atom stereocenters. The maximum Gasteiger partial charge on any atom is 0.207 e. The van der Waals surface area contributed by atoms with Crippen molar-refractivity contribution in [3.05, 3.63) is 0 Å². The van der Waals surface area contributed by atoms with Gasteiger partial charge < -0.3 is 15.0 Å². The van der Waals surface area contributed by atoms with Crippen molar-refractivity contribution in [1.82, 2.24) is 10.2 Å². The lowest BCUT2D eigenvalue weighted by molar-refractivity contribution is -0.110. The lowest BCUT2D eigenvalue weighted by Gasteiger charge is -2.29. The first-order valence-corrected chi connectivity index (χ1v) is 3.80. The first kappa shape index (κ1) is 8.49. The molecule has 1 fully saturated rings. The van der Waals surface area contributed by atoms with Crippen molar-refractivity contribution in [3.63, 3.8) is 0 Å². The van der Waals surface area contributed by atoms with Gasteiger partial charge >= 0.3 is 0 Å². The predicted molar refractivity (Wildman–Crippen MR) is 41.3 cm³/mol. The van der Waals surface area contributed by atoms with Crippen LogP contribution in [0, 0.1) is 0 Å². The first-order valence-electron chi connectivity index (χ1n) is 3.80. The van der Waals surface area contributed by atoms with Crippen LogP contribution in [-0.2, 0) is 9.53 Å². The van der Waals surface area contributed by atoms with E-state index in [1.165, 1.54) is 0 Å². The Morgan fingerprint density at radius 3 is 3.27 bits per heavy atom. The number of carbonyl (C=O) groups excluding carboxylic acids is 1. The molecule has 1 saturated heterocycles. The summed E-state index contributed by atoms with van der Waals surface area (Å²) in [5, 5.41) is 2.61. The van der Waals surface area contributed by atoms with Crippen LogP contribution < -0.4 is 5.32 Å². The highest BCUT2D eigenvalue weighted by Crippen LogP contribution is 2.00. The van der Waals surface area contributed by atoms with Gasteiger partial charge in [-0.15, -0.1) is 0 Å². The van der Waals surface area contributed by atoms with Gasteiger partial charge in [-0.3, -0.25) is 4.79 Å². The molecule has 0 saturated carbocycles. The average molecular weight is 158 g/mol. The van der Waals surface area contributed by atoms with Gasteiger partial charge in [-0.1, -0.05) is 0 Å². The molecule has 0 radical (unpaired) electrons. The summed E-state index contributed by atoms with van der Waals surface area (Å²) in [6.45, 7) is 3.27. The molecule has 0 aromatic heterocycles. The number of likely N-dealkylation sites (N-methyl/N-ethyl adjacent to an activating group) is 1. The Balaban J connectivity index is 2.17. The van der Waals surface area contributed by atoms with Crippen LogP contribution in [0.2, 0.25) is 0 Å². The summed E-state index contributed by atoms with van der Waals surface area (Å²) in [4.78, 5) is 12.1. The van der Waals surface area contributed by atoms with E-state index in [9.17, 15) is 4.79 Å². The van der Waals surface area contributed by atoms with Crippen molar-refractivity contribution in [2.24, 2.45) is 0 Å². The fourth-order valence-electron chi connectivity index (χ4n) is 1.17. The van der Waals surface area contributed by atoms with Crippen LogP contribution in [0.3, 0.4) is 0 Å². The number of hydrogen-bond donors (Lipinski definition) is 1. The monoisotopic (exact) mass is 158 g/mol. The number of rotatable bonds is 3. The molecule has 64 valence electrons. The second-order valence-electron chi connectivity index (χ2n) is 2.78. The maximum absolute atomic E-state index is 9.95. The number of nitrogens with one attached hydrogen (secondary N) is 1. The zero-order valence-electron chi connectivity index (χ0n) is 6.75. The van der Waals surface area contributed by atoms with E-state index >= 15 is 0 Å². The molecule has 0 aromatic rings. The van der Waals surface area contributed by atoms with Crippen molar-refractivity contribution in [1.29, 1.82) is 0 Å². The van der Waals surface area contributed by atoms with Crippen LogP contribution in [0.25, 0.3) is 0 Å². The van der Waals surface area contributed by atoms with Gasteiger partial charge in [0.25, 0.3) is 0 Å². The van der Waals surface area contributed by atoms with E-state index in [-0.39, 0.29) is 6.10 Å². The Labute approximate surface area is 66.5 Å². The number of ether oxygens (including phenoxy) is 1. The van der Waals surface area contributed by atoms with Gasteiger partial charge in [0.1, 0.15) is 0 Å². The minimum Gasteiger partial charge on any atom is -0.374 e. The molecule has 1 aliphatic rings. The number of amides is 1. The fourth-order valence-corrected chi connectivity index (χ4v) is 1.17. The van der Waals surface area contributed by atoms with Gasteiger partial charge in [0.15, 0.2) is 0 Å². The zero-order chi connectivity index (χ0) is 8.10. The van der Waals surface area contributed by atoms with E-state index in [1.54, 1.807) is 0 Å². The van der Waals surface area contributed by atoms with Gasteiger partial charge in [0.05, 0.1) is 12.7 Å². The summed E-state index contributed by atoms with van der Waals surface area (Å²) in [5.74, 6) is 0. The molecule has 1 unspecified atom stereocenters. The molecule has 1 N–H and O–H groups in total. The van der Waals surface area contributed by atoms with Crippen LogP contribution in [0.1, 0.15) is 0 Å². The number of carbonyl (C=O) groups is 1. The molecule has 0 aromatic carbocycles. The predicted octanol–water partition coefficient (Wildman–Crippen LogP) is -0.937. The minimum atomic E-state index is 0.166. The summed E-state index contributed by atoms with van der Waals surface area (Å²) < 4.78 is 5.39. The van der Waals surface area contributed by atoms with Crippen molar-refractivity contribution in [2.75, 3.05) is 33.3 Å². The summed E-state index contributed by atoms with van der Waals surface area (Å²) in [6, 6.07) is 0. The highest BCUT2D eigenvalue weighted by Gasteiger charge is 2.16. The largest absolute Gasteiger partial charge is 0.374 e. The van der Waals surface area contributed by atoms with Crippen LogP contribution in [0.4, 0.5) is 0 Å². The summed E-state index contributed by atoms with van der Waals surface area (Å²) in [5.41, 5.74) is 0. The van der Waals surface area contributed by atoms with Gasteiger partial charge in [0.2, 0.25) is 6.41 Å². The fraction of sp³-hybridized carbons (Fsp3) is 0.857. The molecular weight excluding hydrogens is 144 g/mol. The molecule has 0 aliphatic carbocycles. The summed E-state index contributed by atoms with van der Waals surface area (Å²) in [6.07, 6.45) is 0.872. The normalized spacial score (nSPS) is 26.5. The zero-order valence-corrected chi connectivity index (χ0v) is 6.75. The third-order valence-electron chi connectivity index (χ3n) is 1.77. The molecule has 0 spiro atoms. The van der Waals surface area contributed by atoms with E-state index in [0.29, 0.717) is 13.0 Å². The summed E-state index contributed by atoms with van der Waals surface area (Å²) in [7, 11) is 2.05. The molecule has 1 amide bonds. The van der Waals surface area contributed by atoms with Crippen molar-refractivity contribution in [2.45, 2.75) is 6.10 Å². The third kappa shape index (κ3) is 2.86. The van der Waals surface area contributed by atoms with Crippen LogP contribution in [0.15, 0.2) is 0 Å². The Bertz CT molecular complexity index is 130. The van der Waals surface area contributed by atoms with Crippen molar-refractivity contribution < 1.29 is 9.53 Å². The van der Waals surface area contributed by atoms with E-state index < -0.39 is 0 Å². The standard InChI is InChI=1S/C7H14N2O2/c1-9-2-3-11-7(5-9)4-8-6-10/h6-7H,2-5H2,1H3,(H,8,10). The van der Waals surface area contributed by atoms with Gasteiger partial charge in [-0.2, -0.15) is 0 Å². The number of morpholine rings is 1. The van der Waals surface area contributed by atoms with E-state index in [0.717, 1.165) is 19.7 Å². The van der Waals surface area contributed by atoms with E-state index in [1.807, 2.05) is 0 Å². The molecule has 0 bridgehead atoms. The van der Waals surface area contributed by atoms with Gasteiger partial charge in [-0.25, -0.2) is 0 Å². The average Bonchev–Trinajstić information content (AvgIpc) is 2.01. The topological polar surface area (TPSA) is 41.6 Å². The summed E-state index contributed by atoms with van der Waals surface area (Å²) >= 11 is 0. The number of hydrogen-bond acceptors (Lipinski definition) is 3. The molecule has 4 heteroatoms. The second-order valence-corrected chi connectivity index (χ2v) is 2.78. The second kappa shape index (κ2) is 4.31. The Morgan fingerprint density at radius 2 is 2.64 bits per heavy atom. The third-order valence-corrected chi connectivity index (χ3v) is 1.77. The first-order chi connectivity index (χ1) is 5.33. The van der Waals surface area contributed by atoms with Crippen LogP contribution >= 0.6 is 0 Å². The SMILES string of the molecule is CN1CCOC(CNC=O)C1. The maximum atomic E-state index is 9.95. The molecule has 4 nitrogen and oxygen atoms in total. The quantitative estimate of drug-likeness (QED) is 0.539. The molecule has 1 heterocycles. The molecule has 1 aliphatic heterocycles.